The molecular formula is C26H22ClNO6. The third-order valence-electron chi connectivity index (χ3n) is 5.89. The molecular weight excluding hydrogens is 458 g/mol. The second kappa shape index (κ2) is 9.19. The Hall–Kier alpha value is -3.84. The monoisotopic (exact) mass is 479 g/mol. The molecule has 0 unspecified atom stereocenters. The van der Waals surface area contributed by atoms with Crippen molar-refractivity contribution in [2.45, 2.75) is 17.7 Å². The highest BCUT2D eigenvalue weighted by Crippen LogP contribution is 2.49. The summed E-state index contributed by atoms with van der Waals surface area (Å²) < 4.78 is 10.5. The van der Waals surface area contributed by atoms with Gasteiger partial charge in [0.1, 0.15) is 16.4 Å². The molecule has 1 N–H and O–H groups in total. The Bertz CT molecular complexity index is 1190. The Kier molecular flexibility index (Phi) is 6.30. The summed E-state index contributed by atoms with van der Waals surface area (Å²) >= 11 is 7.44. The number of alkyl halides is 1. The predicted molar refractivity (Wildman–Crippen MR) is 127 cm³/mol. The zero-order chi connectivity index (χ0) is 24.5. The molecule has 0 radical (unpaired) electrons. The summed E-state index contributed by atoms with van der Waals surface area (Å²) in [5.74, 6) is -0.983. The maximum atomic E-state index is 12.7. The number of hydrogen-bond donors (Lipinski definition) is 1. The van der Waals surface area contributed by atoms with Crippen LogP contribution in [0.5, 0.6) is 11.5 Å². The van der Waals surface area contributed by atoms with Crippen molar-refractivity contribution < 1.29 is 29.0 Å². The van der Waals surface area contributed by atoms with Gasteiger partial charge in [0.25, 0.3) is 0 Å². The molecule has 174 valence electrons. The second-order valence-corrected chi connectivity index (χ2v) is 8.31. The molecule has 7 nitrogen and oxygen atoms in total. The number of methoxy groups -OCH3 is 2. The Morgan fingerprint density at radius 2 is 1.32 bits per heavy atom. The quantitative estimate of drug-likeness (QED) is 0.303. The first-order valence-corrected chi connectivity index (χ1v) is 10.9. The summed E-state index contributed by atoms with van der Waals surface area (Å²) in [6.45, 7) is 0. The van der Waals surface area contributed by atoms with E-state index in [-0.39, 0.29) is 24.1 Å². The minimum absolute atomic E-state index is 0.00653. The topological polar surface area (TPSA) is 93.1 Å². The number of ether oxygens (including phenoxy) is 2. The van der Waals surface area contributed by atoms with Crippen LogP contribution in [0.3, 0.4) is 0 Å². The van der Waals surface area contributed by atoms with Crippen molar-refractivity contribution in [3.8, 4) is 11.5 Å². The molecule has 0 bridgehead atoms. The first-order valence-electron chi connectivity index (χ1n) is 10.5. The Labute approximate surface area is 201 Å². The van der Waals surface area contributed by atoms with Crippen LogP contribution >= 0.6 is 11.6 Å². The Morgan fingerprint density at radius 1 is 0.853 bits per heavy atom. The zero-order valence-electron chi connectivity index (χ0n) is 18.6. The zero-order valence-corrected chi connectivity index (χ0v) is 19.3. The van der Waals surface area contributed by atoms with Crippen molar-refractivity contribution in [1.29, 1.82) is 0 Å². The molecule has 0 aliphatic carbocycles. The van der Waals surface area contributed by atoms with E-state index in [4.69, 9.17) is 21.1 Å². The Balaban J connectivity index is 2.05. The van der Waals surface area contributed by atoms with Gasteiger partial charge in [0.05, 0.1) is 25.5 Å². The van der Waals surface area contributed by atoms with E-state index in [1.165, 1.54) is 6.07 Å². The number of carbonyl (C=O) groups excluding carboxylic acids is 2. The molecule has 1 heterocycles. The van der Waals surface area contributed by atoms with E-state index in [1.54, 1.807) is 74.9 Å². The predicted octanol–water partition coefficient (Wildman–Crippen LogP) is 4.59. The van der Waals surface area contributed by atoms with Crippen LogP contribution in [0.15, 0.2) is 66.7 Å². The molecule has 1 fully saturated rings. The smallest absolute Gasteiger partial charge is 0.337 e. The average molecular weight is 480 g/mol. The molecule has 1 aliphatic rings. The molecule has 4 rings (SSSR count). The molecule has 1 saturated heterocycles. The number of hydrogen-bond acceptors (Lipinski definition) is 5. The van der Waals surface area contributed by atoms with Crippen LogP contribution in [0, 0.1) is 0 Å². The third kappa shape index (κ3) is 3.88. The fourth-order valence-electron chi connectivity index (χ4n) is 4.18. The molecule has 0 saturated carbocycles. The van der Waals surface area contributed by atoms with E-state index < -0.39 is 22.7 Å². The van der Waals surface area contributed by atoms with Gasteiger partial charge in [0, 0.05) is 18.4 Å². The van der Waals surface area contributed by atoms with Crippen LogP contribution in [0.1, 0.15) is 39.9 Å². The van der Waals surface area contributed by atoms with Crippen LogP contribution in [-0.4, -0.2) is 37.1 Å². The van der Waals surface area contributed by atoms with E-state index in [0.29, 0.717) is 28.2 Å². The molecule has 3 aromatic carbocycles. The largest absolute Gasteiger partial charge is 0.497 e. The van der Waals surface area contributed by atoms with E-state index in [9.17, 15) is 19.5 Å². The number of anilines is 1. The van der Waals surface area contributed by atoms with Crippen molar-refractivity contribution >= 4 is 35.1 Å². The van der Waals surface area contributed by atoms with E-state index >= 15 is 0 Å². The molecule has 0 atom stereocenters. The molecule has 8 heteroatoms. The van der Waals surface area contributed by atoms with Crippen molar-refractivity contribution in [2.24, 2.45) is 0 Å². The lowest BCUT2D eigenvalue weighted by atomic mass is 9.82. The number of aromatic carboxylic acids is 1. The highest BCUT2D eigenvalue weighted by molar-refractivity contribution is 6.30. The van der Waals surface area contributed by atoms with E-state index in [1.807, 2.05) is 0 Å². The Morgan fingerprint density at radius 3 is 1.74 bits per heavy atom. The number of nitrogens with zero attached hydrogens (tertiary/aromatic N) is 1. The number of carbonyl (C=O) groups is 3. The molecule has 34 heavy (non-hydrogen) atoms. The number of amides is 2. The molecule has 1 aliphatic heterocycles. The van der Waals surface area contributed by atoms with Gasteiger partial charge in [-0.25, -0.2) is 9.69 Å². The van der Waals surface area contributed by atoms with Gasteiger partial charge in [-0.3, -0.25) is 9.59 Å². The lowest BCUT2D eigenvalue weighted by Gasteiger charge is -2.33. The minimum atomic E-state index is -1.44. The minimum Gasteiger partial charge on any atom is -0.497 e. The van der Waals surface area contributed by atoms with Crippen LogP contribution in [0.2, 0.25) is 0 Å². The highest BCUT2D eigenvalue weighted by atomic mass is 35.5. The van der Waals surface area contributed by atoms with Gasteiger partial charge in [0.2, 0.25) is 11.8 Å². The lowest BCUT2D eigenvalue weighted by molar-refractivity contribution is -0.121. The summed E-state index contributed by atoms with van der Waals surface area (Å²) in [4.78, 5) is 37.1. The molecule has 0 spiro atoms. The number of benzene rings is 3. The summed E-state index contributed by atoms with van der Waals surface area (Å²) in [5.41, 5.74) is 1.29. The maximum absolute atomic E-state index is 12.7. The molecule has 3 aromatic rings. The summed E-state index contributed by atoms with van der Waals surface area (Å²) in [5, 5.41) is 9.94. The van der Waals surface area contributed by atoms with Gasteiger partial charge in [-0.15, -0.1) is 11.6 Å². The standard InChI is InChI=1S/C26H22ClNO6/c1-33-18-10-6-16(7-11-18)26(27,17-8-12-19(34-2)13-9-17)21-5-3-4-20(25(31)32)24(21)28-22(29)14-15-23(28)30/h3-13H,14-15H2,1-2H3,(H,31,32). The van der Waals surface area contributed by atoms with Crippen LogP contribution < -0.4 is 14.4 Å². The number of rotatable bonds is 7. The van der Waals surface area contributed by atoms with Crippen LogP contribution in [0.4, 0.5) is 5.69 Å². The van der Waals surface area contributed by atoms with Crippen LogP contribution in [-0.2, 0) is 14.5 Å². The summed E-state index contributed by atoms with van der Waals surface area (Å²) in [6, 6.07) is 18.6. The average Bonchev–Trinajstić information content (AvgIpc) is 3.20. The highest BCUT2D eigenvalue weighted by Gasteiger charge is 2.42. The van der Waals surface area contributed by atoms with Crippen molar-refractivity contribution in [3.05, 3.63) is 89.0 Å². The van der Waals surface area contributed by atoms with Gasteiger partial charge < -0.3 is 14.6 Å². The normalized spacial score (nSPS) is 13.8. The van der Waals surface area contributed by atoms with Crippen LogP contribution in [0.25, 0.3) is 0 Å². The molecule has 2 amide bonds. The van der Waals surface area contributed by atoms with E-state index in [0.717, 1.165) is 4.90 Å². The SMILES string of the molecule is COc1ccc(C(Cl)(c2ccc(OC)cc2)c2cccc(C(=O)O)c2N2C(=O)CCC2=O)cc1. The van der Waals surface area contributed by atoms with Gasteiger partial charge in [-0.2, -0.15) is 0 Å². The van der Waals surface area contributed by atoms with Crippen molar-refractivity contribution in [1.82, 2.24) is 0 Å². The fourth-order valence-corrected chi connectivity index (χ4v) is 4.58. The number of halogens is 1. The second-order valence-electron chi connectivity index (χ2n) is 7.75. The number of carboxylic acid groups (broad SMARTS) is 1. The third-order valence-corrected chi connectivity index (χ3v) is 6.53. The molecule has 0 aromatic heterocycles. The van der Waals surface area contributed by atoms with E-state index in [2.05, 4.69) is 0 Å². The van der Waals surface area contributed by atoms with Crippen molar-refractivity contribution in [3.63, 3.8) is 0 Å². The summed E-state index contributed by atoms with van der Waals surface area (Å²) in [7, 11) is 3.09. The number of carboxylic acids is 1. The first kappa shape index (κ1) is 23.3. The first-order chi connectivity index (χ1) is 16.3. The van der Waals surface area contributed by atoms with Gasteiger partial charge in [-0.1, -0.05) is 36.4 Å². The number of imide groups is 1. The fraction of sp³-hybridized carbons (Fsp3) is 0.192. The summed E-state index contributed by atoms with van der Waals surface area (Å²) in [6.07, 6.45) is 0.0131. The van der Waals surface area contributed by atoms with Gasteiger partial charge in [-0.05, 0) is 41.5 Å². The maximum Gasteiger partial charge on any atom is 0.337 e. The lowest BCUT2D eigenvalue weighted by Crippen LogP contribution is -2.34. The number of para-hydroxylation sites is 1. The van der Waals surface area contributed by atoms with Gasteiger partial charge >= 0.3 is 5.97 Å². The van der Waals surface area contributed by atoms with Crippen molar-refractivity contribution in [2.75, 3.05) is 19.1 Å². The van der Waals surface area contributed by atoms with Gasteiger partial charge in [0.15, 0.2) is 0 Å².